The summed E-state index contributed by atoms with van der Waals surface area (Å²) >= 11 is 0. The molecule has 1 saturated heterocycles. The first-order chi connectivity index (χ1) is 13.8. The highest BCUT2D eigenvalue weighted by molar-refractivity contribution is 5.82. The van der Waals surface area contributed by atoms with Crippen LogP contribution in [0.5, 0.6) is 5.88 Å². The smallest absolute Gasteiger partial charge is 0.229 e. The van der Waals surface area contributed by atoms with Crippen LogP contribution in [0.15, 0.2) is 30.7 Å². The van der Waals surface area contributed by atoms with Crippen LogP contribution in [0.4, 0.5) is 0 Å². The molecule has 7 heteroatoms. The minimum atomic E-state index is -0.654. The van der Waals surface area contributed by atoms with Crippen LogP contribution in [0, 0.1) is 5.41 Å². The van der Waals surface area contributed by atoms with Gasteiger partial charge in [0.25, 0.3) is 0 Å². The quantitative estimate of drug-likeness (QED) is 0.776. The molecule has 1 amide bonds. The Labute approximate surface area is 172 Å². The molecule has 1 aliphatic heterocycles. The number of likely N-dealkylation sites (N-methyl/N-ethyl adjacent to an activating group) is 1. The summed E-state index contributed by atoms with van der Waals surface area (Å²) < 4.78 is 7.84. The lowest BCUT2D eigenvalue weighted by Gasteiger charge is -2.28. The Balaban J connectivity index is 1.40. The molecule has 0 radical (unpaired) electrons. The molecule has 2 aromatic heterocycles. The second kappa shape index (κ2) is 7.78. The van der Waals surface area contributed by atoms with E-state index >= 15 is 0 Å². The molecular weight excluding hydrogens is 366 g/mol. The summed E-state index contributed by atoms with van der Waals surface area (Å²) in [6, 6.07) is 4.10. The summed E-state index contributed by atoms with van der Waals surface area (Å²) in [6.45, 7) is 5.90. The normalized spacial score (nSPS) is 22.6. The zero-order valence-corrected chi connectivity index (χ0v) is 17.8. The lowest BCUT2D eigenvalue weighted by molar-refractivity contribution is -0.131. The molecule has 0 unspecified atom stereocenters. The first-order valence-electron chi connectivity index (χ1n) is 10.4. The fraction of sp³-hybridized carbons (Fsp3) is 0.591. The number of rotatable bonds is 7. The molecule has 2 aliphatic rings. The van der Waals surface area contributed by atoms with E-state index < -0.39 is 5.41 Å². The number of carbonyl (C=O) groups is 1. The molecule has 1 N–H and O–H groups in total. The van der Waals surface area contributed by atoms with E-state index in [1.165, 1.54) is 18.4 Å². The standard InChI is InChI=1S/C22H31N5O2/c1-22(2,14-29-20-17(15-7-8-15)6-5-9-23-20)21(28)25-19-13-26(3)12-18(19)16-10-24-27(4)11-16/h5-6,9-11,15,18-19H,7-8,12-14H2,1-4H3,(H,25,28)/t18-,19+/m0/s1. The summed E-state index contributed by atoms with van der Waals surface area (Å²) in [5, 5.41) is 7.57. The van der Waals surface area contributed by atoms with E-state index in [1.807, 2.05) is 44.0 Å². The Bertz CT molecular complexity index is 874. The highest BCUT2D eigenvalue weighted by atomic mass is 16.5. The largest absolute Gasteiger partial charge is 0.476 e. The van der Waals surface area contributed by atoms with Gasteiger partial charge in [0.2, 0.25) is 11.8 Å². The van der Waals surface area contributed by atoms with Crippen molar-refractivity contribution < 1.29 is 9.53 Å². The molecule has 3 heterocycles. The minimum Gasteiger partial charge on any atom is -0.476 e. The Morgan fingerprint density at radius 2 is 2.10 bits per heavy atom. The van der Waals surface area contributed by atoms with Gasteiger partial charge in [-0.1, -0.05) is 6.07 Å². The third-order valence-corrected chi connectivity index (χ3v) is 5.97. The Morgan fingerprint density at radius 3 is 2.79 bits per heavy atom. The molecule has 29 heavy (non-hydrogen) atoms. The van der Waals surface area contributed by atoms with Gasteiger partial charge in [0, 0.05) is 50.1 Å². The lowest BCUT2D eigenvalue weighted by atomic mass is 9.91. The number of ether oxygens (including phenoxy) is 1. The summed E-state index contributed by atoms with van der Waals surface area (Å²) in [5.74, 6) is 1.48. The van der Waals surface area contributed by atoms with Crippen molar-refractivity contribution in [2.75, 3.05) is 26.7 Å². The fourth-order valence-electron chi connectivity index (χ4n) is 4.02. The van der Waals surface area contributed by atoms with Crippen molar-refractivity contribution in [1.82, 2.24) is 25.0 Å². The first kappa shape index (κ1) is 19.9. The molecule has 7 nitrogen and oxygen atoms in total. The van der Waals surface area contributed by atoms with Gasteiger partial charge in [0.1, 0.15) is 6.61 Å². The van der Waals surface area contributed by atoms with Gasteiger partial charge >= 0.3 is 0 Å². The maximum Gasteiger partial charge on any atom is 0.229 e. The number of carbonyl (C=O) groups excluding carboxylic acids is 1. The highest BCUT2D eigenvalue weighted by Gasteiger charge is 2.38. The molecule has 2 atom stereocenters. The van der Waals surface area contributed by atoms with Crippen LogP contribution in [0.1, 0.15) is 49.7 Å². The number of aryl methyl sites for hydroxylation is 1. The van der Waals surface area contributed by atoms with Crippen molar-refractivity contribution in [2.45, 2.75) is 44.6 Å². The van der Waals surface area contributed by atoms with Crippen molar-refractivity contribution in [2.24, 2.45) is 12.5 Å². The van der Waals surface area contributed by atoms with Crippen molar-refractivity contribution >= 4 is 5.91 Å². The number of hydrogen-bond donors (Lipinski definition) is 1. The molecule has 4 rings (SSSR count). The van der Waals surface area contributed by atoms with Gasteiger partial charge < -0.3 is 15.0 Å². The van der Waals surface area contributed by atoms with Crippen LogP contribution >= 0.6 is 0 Å². The number of nitrogens with zero attached hydrogens (tertiary/aromatic N) is 4. The monoisotopic (exact) mass is 397 g/mol. The fourth-order valence-corrected chi connectivity index (χ4v) is 4.02. The average Bonchev–Trinajstić information content (AvgIpc) is 3.34. The molecule has 2 fully saturated rings. The molecule has 1 saturated carbocycles. The number of nitrogens with one attached hydrogen (secondary N) is 1. The van der Waals surface area contributed by atoms with Gasteiger partial charge in [-0.05, 0) is 51.3 Å². The molecule has 2 aromatic rings. The van der Waals surface area contributed by atoms with Gasteiger partial charge in [-0.25, -0.2) is 4.98 Å². The summed E-state index contributed by atoms with van der Waals surface area (Å²) in [5.41, 5.74) is 1.68. The Kier molecular flexibility index (Phi) is 5.34. The molecule has 0 aromatic carbocycles. The van der Waals surface area contributed by atoms with Gasteiger partial charge in [0.05, 0.1) is 11.6 Å². The van der Waals surface area contributed by atoms with Crippen LogP contribution in [0.3, 0.4) is 0 Å². The maximum atomic E-state index is 13.1. The van der Waals surface area contributed by atoms with E-state index in [9.17, 15) is 4.79 Å². The predicted octanol–water partition coefficient (Wildman–Crippen LogP) is 2.31. The third kappa shape index (κ3) is 4.45. The van der Waals surface area contributed by atoms with Crippen LogP contribution in [0.25, 0.3) is 0 Å². The zero-order valence-electron chi connectivity index (χ0n) is 17.8. The van der Waals surface area contributed by atoms with Crippen LogP contribution < -0.4 is 10.1 Å². The third-order valence-electron chi connectivity index (χ3n) is 5.97. The van der Waals surface area contributed by atoms with Gasteiger partial charge in [0.15, 0.2) is 0 Å². The second-order valence-electron chi connectivity index (χ2n) is 9.20. The maximum absolute atomic E-state index is 13.1. The predicted molar refractivity (Wildman–Crippen MR) is 111 cm³/mol. The number of likely N-dealkylation sites (tertiary alicyclic amines) is 1. The number of pyridine rings is 1. The molecule has 1 aliphatic carbocycles. The van der Waals surface area contributed by atoms with Crippen LogP contribution in [-0.2, 0) is 11.8 Å². The Hall–Kier alpha value is -2.41. The van der Waals surface area contributed by atoms with E-state index in [4.69, 9.17) is 4.74 Å². The first-order valence-corrected chi connectivity index (χ1v) is 10.4. The van der Waals surface area contributed by atoms with E-state index in [0.29, 0.717) is 18.4 Å². The Morgan fingerprint density at radius 1 is 1.31 bits per heavy atom. The average molecular weight is 398 g/mol. The minimum absolute atomic E-state index is 0.00981. The number of amides is 1. The van der Waals surface area contributed by atoms with E-state index in [1.54, 1.807) is 6.20 Å². The van der Waals surface area contributed by atoms with Crippen molar-refractivity contribution in [1.29, 1.82) is 0 Å². The van der Waals surface area contributed by atoms with E-state index in [2.05, 4.69) is 33.4 Å². The van der Waals surface area contributed by atoms with E-state index in [0.717, 1.165) is 18.7 Å². The van der Waals surface area contributed by atoms with Gasteiger partial charge in [-0.3, -0.25) is 9.48 Å². The topological polar surface area (TPSA) is 72.3 Å². The zero-order chi connectivity index (χ0) is 20.6. The summed E-state index contributed by atoms with van der Waals surface area (Å²) in [7, 11) is 4.01. The number of aromatic nitrogens is 3. The highest BCUT2D eigenvalue weighted by Crippen LogP contribution is 2.43. The summed E-state index contributed by atoms with van der Waals surface area (Å²) in [4.78, 5) is 19.8. The molecule has 156 valence electrons. The number of hydrogen-bond acceptors (Lipinski definition) is 5. The van der Waals surface area contributed by atoms with Gasteiger partial charge in [-0.2, -0.15) is 5.10 Å². The lowest BCUT2D eigenvalue weighted by Crippen LogP contribution is -2.47. The molecule has 0 bridgehead atoms. The van der Waals surface area contributed by atoms with Crippen LogP contribution in [0.2, 0.25) is 0 Å². The molecule has 0 spiro atoms. The summed E-state index contributed by atoms with van der Waals surface area (Å²) in [6.07, 6.45) is 8.07. The van der Waals surface area contributed by atoms with Crippen molar-refractivity contribution in [3.8, 4) is 5.88 Å². The van der Waals surface area contributed by atoms with Gasteiger partial charge in [-0.15, -0.1) is 0 Å². The van der Waals surface area contributed by atoms with E-state index in [-0.39, 0.29) is 17.9 Å². The van der Waals surface area contributed by atoms with Crippen molar-refractivity contribution in [3.63, 3.8) is 0 Å². The SMILES string of the molecule is CN1C[C@@H](NC(=O)C(C)(C)COc2ncccc2C2CC2)[C@H](c2cnn(C)c2)C1. The van der Waals surface area contributed by atoms with Crippen LogP contribution in [-0.4, -0.2) is 58.4 Å². The molecular formula is C22H31N5O2. The second-order valence-corrected chi connectivity index (χ2v) is 9.20. The van der Waals surface area contributed by atoms with Crippen molar-refractivity contribution in [3.05, 3.63) is 41.9 Å².